The molecule has 2 atom stereocenters. The molecule has 3 rings (SSSR count). The van der Waals surface area contributed by atoms with Crippen molar-refractivity contribution in [2.24, 2.45) is 0 Å². The van der Waals surface area contributed by atoms with Crippen molar-refractivity contribution in [1.29, 1.82) is 0 Å². The molecular formula is C11H15N3O2. The fourth-order valence-corrected chi connectivity index (χ4v) is 2.69. The van der Waals surface area contributed by atoms with Crippen LogP contribution in [0, 0.1) is 0 Å². The molecule has 3 heterocycles. The summed E-state index contributed by atoms with van der Waals surface area (Å²) in [6.07, 6.45) is 6.22. The van der Waals surface area contributed by atoms with Gasteiger partial charge in [-0.25, -0.2) is 9.97 Å². The Morgan fingerprint density at radius 3 is 2.50 bits per heavy atom. The molecule has 0 aliphatic carbocycles. The number of aliphatic hydroxyl groups is 1. The number of nitrogens with zero attached hydrogens (tertiary/aromatic N) is 2. The lowest BCUT2D eigenvalue weighted by atomic mass is 9.79. The molecule has 16 heavy (non-hydrogen) atoms. The average Bonchev–Trinajstić information content (AvgIpc) is 2.29. The number of ether oxygens (including phenoxy) is 1. The number of nitrogens with one attached hydrogen (secondary N) is 1. The number of rotatable bonds is 1. The zero-order valence-corrected chi connectivity index (χ0v) is 8.97. The monoisotopic (exact) mass is 221 g/mol. The number of aromatic nitrogens is 2. The number of piperidine rings is 1. The van der Waals surface area contributed by atoms with Gasteiger partial charge >= 0.3 is 0 Å². The minimum atomic E-state index is -0.800. The van der Waals surface area contributed by atoms with Crippen molar-refractivity contribution in [3.05, 3.63) is 24.3 Å². The first-order chi connectivity index (χ1) is 7.76. The van der Waals surface area contributed by atoms with Gasteiger partial charge in [0.25, 0.3) is 0 Å². The number of fused-ring (bicyclic) bond motifs is 2. The summed E-state index contributed by atoms with van der Waals surface area (Å²) in [6, 6.07) is 0.468. The van der Waals surface area contributed by atoms with Crippen molar-refractivity contribution in [3.8, 4) is 0 Å². The van der Waals surface area contributed by atoms with Gasteiger partial charge in [-0.3, -0.25) is 0 Å². The molecule has 2 bridgehead atoms. The van der Waals surface area contributed by atoms with Crippen LogP contribution in [-0.2, 0) is 10.3 Å². The number of morpholine rings is 1. The Hall–Kier alpha value is -1.04. The first-order valence-corrected chi connectivity index (χ1v) is 5.58. The van der Waals surface area contributed by atoms with Crippen LogP contribution in [0.3, 0.4) is 0 Å². The molecule has 2 fully saturated rings. The molecule has 5 heteroatoms. The Morgan fingerprint density at radius 2 is 1.88 bits per heavy atom. The Bertz CT molecular complexity index is 359. The van der Waals surface area contributed by atoms with Crippen LogP contribution in [0.4, 0.5) is 0 Å². The molecule has 86 valence electrons. The predicted octanol–water partition coefficient (Wildman–Crippen LogP) is -0.185. The highest BCUT2D eigenvalue weighted by Crippen LogP contribution is 2.35. The van der Waals surface area contributed by atoms with Gasteiger partial charge in [0.15, 0.2) is 0 Å². The minimum absolute atomic E-state index is 0.234. The summed E-state index contributed by atoms with van der Waals surface area (Å²) in [5.41, 5.74) is 0.0134. The van der Waals surface area contributed by atoms with Crippen LogP contribution in [0.1, 0.15) is 18.4 Å². The summed E-state index contributed by atoms with van der Waals surface area (Å²) in [6.45, 7) is 1.35. The maximum absolute atomic E-state index is 10.7. The van der Waals surface area contributed by atoms with E-state index in [4.69, 9.17) is 4.74 Å². The summed E-state index contributed by atoms with van der Waals surface area (Å²) < 4.78 is 5.46. The van der Waals surface area contributed by atoms with Gasteiger partial charge in [-0.05, 0) is 12.8 Å². The normalized spacial score (nSPS) is 38.3. The van der Waals surface area contributed by atoms with Gasteiger partial charge < -0.3 is 15.2 Å². The van der Waals surface area contributed by atoms with Gasteiger partial charge in [-0.2, -0.15) is 0 Å². The van der Waals surface area contributed by atoms with Crippen LogP contribution in [0.5, 0.6) is 0 Å². The zero-order valence-electron chi connectivity index (χ0n) is 8.97. The van der Waals surface area contributed by atoms with Gasteiger partial charge in [0.2, 0.25) is 0 Å². The van der Waals surface area contributed by atoms with E-state index >= 15 is 0 Å². The predicted molar refractivity (Wildman–Crippen MR) is 56.7 cm³/mol. The van der Waals surface area contributed by atoms with Crippen molar-refractivity contribution >= 4 is 0 Å². The highest BCUT2D eigenvalue weighted by Gasteiger charge is 2.42. The lowest BCUT2D eigenvalue weighted by Gasteiger charge is -2.44. The van der Waals surface area contributed by atoms with Crippen molar-refractivity contribution < 1.29 is 9.84 Å². The summed E-state index contributed by atoms with van der Waals surface area (Å²) in [5, 5.41) is 14.1. The molecule has 0 amide bonds. The Balaban J connectivity index is 1.88. The van der Waals surface area contributed by atoms with Gasteiger partial charge in [0.1, 0.15) is 6.33 Å². The van der Waals surface area contributed by atoms with Crippen LogP contribution in [0.2, 0.25) is 0 Å². The van der Waals surface area contributed by atoms with E-state index in [1.807, 2.05) is 0 Å². The first kappa shape index (κ1) is 10.1. The van der Waals surface area contributed by atoms with Crippen molar-refractivity contribution in [1.82, 2.24) is 15.3 Å². The standard InChI is InChI=1S/C11H15N3O2/c15-11(8-3-12-7-13-4-8)1-9-5-16-6-10(2-11)14-9/h3-4,7,9-10,14-15H,1-2,5-6H2. The third kappa shape index (κ3) is 1.71. The van der Waals surface area contributed by atoms with E-state index in [0.29, 0.717) is 26.1 Å². The molecule has 2 saturated heterocycles. The van der Waals surface area contributed by atoms with Crippen LogP contribution >= 0.6 is 0 Å². The topological polar surface area (TPSA) is 67.3 Å². The third-order valence-corrected chi connectivity index (χ3v) is 3.38. The molecule has 2 aliphatic rings. The second-order valence-corrected chi connectivity index (χ2v) is 4.66. The van der Waals surface area contributed by atoms with E-state index in [1.165, 1.54) is 6.33 Å². The van der Waals surface area contributed by atoms with E-state index in [-0.39, 0.29) is 12.1 Å². The third-order valence-electron chi connectivity index (χ3n) is 3.38. The van der Waals surface area contributed by atoms with Gasteiger partial charge in [-0.15, -0.1) is 0 Å². The molecule has 5 nitrogen and oxygen atoms in total. The van der Waals surface area contributed by atoms with Gasteiger partial charge in [0.05, 0.1) is 18.8 Å². The molecule has 0 saturated carbocycles. The molecule has 1 aromatic heterocycles. The molecular weight excluding hydrogens is 206 g/mol. The van der Waals surface area contributed by atoms with Gasteiger partial charge in [0, 0.05) is 30.0 Å². The van der Waals surface area contributed by atoms with Crippen LogP contribution < -0.4 is 5.32 Å². The number of hydrogen-bond acceptors (Lipinski definition) is 5. The summed E-state index contributed by atoms with van der Waals surface area (Å²) in [5.74, 6) is 0. The van der Waals surface area contributed by atoms with Crippen molar-refractivity contribution in [3.63, 3.8) is 0 Å². The summed E-state index contributed by atoms with van der Waals surface area (Å²) in [7, 11) is 0. The van der Waals surface area contributed by atoms with Crippen LogP contribution in [-0.4, -0.2) is 40.4 Å². The van der Waals surface area contributed by atoms with E-state index in [9.17, 15) is 5.11 Å². The molecule has 2 unspecified atom stereocenters. The molecule has 1 aromatic rings. The molecule has 2 aliphatic heterocycles. The second-order valence-electron chi connectivity index (χ2n) is 4.66. The van der Waals surface area contributed by atoms with E-state index in [1.54, 1.807) is 12.4 Å². The smallest absolute Gasteiger partial charge is 0.115 e. The van der Waals surface area contributed by atoms with E-state index < -0.39 is 5.60 Å². The fraction of sp³-hybridized carbons (Fsp3) is 0.636. The van der Waals surface area contributed by atoms with Gasteiger partial charge in [-0.1, -0.05) is 0 Å². The lowest BCUT2D eigenvalue weighted by Crippen LogP contribution is -2.58. The van der Waals surface area contributed by atoms with E-state index in [0.717, 1.165) is 5.56 Å². The summed E-state index contributed by atoms with van der Waals surface area (Å²) in [4.78, 5) is 7.95. The SMILES string of the molecule is OC1(c2cncnc2)CC2COCC(C1)N2. The summed E-state index contributed by atoms with van der Waals surface area (Å²) >= 11 is 0. The largest absolute Gasteiger partial charge is 0.385 e. The fourth-order valence-electron chi connectivity index (χ4n) is 2.69. The molecule has 2 N–H and O–H groups in total. The maximum atomic E-state index is 10.7. The van der Waals surface area contributed by atoms with Crippen LogP contribution in [0.15, 0.2) is 18.7 Å². The molecule has 0 radical (unpaired) electrons. The Morgan fingerprint density at radius 1 is 1.25 bits per heavy atom. The van der Waals surface area contributed by atoms with Crippen LogP contribution in [0.25, 0.3) is 0 Å². The quantitative estimate of drug-likeness (QED) is 0.688. The zero-order chi connectivity index (χ0) is 11.0. The maximum Gasteiger partial charge on any atom is 0.115 e. The molecule has 0 aromatic carbocycles. The highest BCUT2D eigenvalue weighted by atomic mass is 16.5. The Kier molecular flexibility index (Phi) is 2.38. The Labute approximate surface area is 93.9 Å². The first-order valence-electron chi connectivity index (χ1n) is 5.58. The lowest BCUT2D eigenvalue weighted by molar-refractivity contribution is -0.0805. The van der Waals surface area contributed by atoms with E-state index in [2.05, 4.69) is 15.3 Å². The average molecular weight is 221 g/mol. The minimum Gasteiger partial charge on any atom is -0.385 e. The molecule has 0 spiro atoms. The van der Waals surface area contributed by atoms with Crippen molar-refractivity contribution in [2.75, 3.05) is 13.2 Å². The van der Waals surface area contributed by atoms with Crippen molar-refractivity contribution in [2.45, 2.75) is 30.5 Å². The second kappa shape index (κ2) is 3.76. The number of hydrogen-bond donors (Lipinski definition) is 2. The highest BCUT2D eigenvalue weighted by molar-refractivity contribution is 5.17.